The quantitative estimate of drug-likeness (QED) is 0.241. The summed E-state index contributed by atoms with van der Waals surface area (Å²) in [6, 6.07) is 10.6. The molecule has 0 aliphatic heterocycles. The Morgan fingerprint density at radius 2 is 1.15 bits per heavy atom. The summed E-state index contributed by atoms with van der Waals surface area (Å²) in [6.07, 6.45) is 0. The summed E-state index contributed by atoms with van der Waals surface area (Å²) in [7, 11) is 0. The minimum atomic E-state index is 0.210. The van der Waals surface area contributed by atoms with Gasteiger partial charge in [-0.25, -0.2) is 0 Å². The maximum absolute atomic E-state index is 6.28. The van der Waals surface area contributed by atoms with Crippen molar-refractivity contribution >= 4 is 86.9 Å². The highest BCUT2D eigenvalue weighted by atomic mass is 79.9. The number of ether oxygens (including phenoxy) is 3. The largest absolute Gasteiger partial charge is 0.491 e. The van der Waals surface area contributed by atoms with E-state index in [0.717, 1.165) is 10.7 Å². The van der Waals surface area contributed by atoms with E-state index in [1.807, 2.05) is 0 Å². The lowest BCUT2D eigenvalue weighted by atomic mass is 10.3. The predicted octanol–water partition coefficient (Wildman–Crippen LogP) is 7.86. The highest BCUT2D eigenvalue weighted by Crippen LogP contribution is 2.34. The van der Waals surface area contributed by atoms with E-state index < -0.39 is 0 Å². The average molecular weight is 671 g/mol. The normalized spacial score (nSPS) is 13.1. The van der Waals surface area contributed by atoms with Crippen molar-refractivity contribution in [3.63, 3.8) is 0 Å². The van der Waals surface area contributed by atoms with Gasteiger partial charge < -0.3 is 14.2 Å². The van der Waals surface area contributed by atoms with Gasteiger partial charge in [0.1, 0.15) is 36.2 Å². The Balaban J connectivity index is 2.00. The van der Waals surface area contributed by atoms with Crippen LogP contribution in [0.3, 0.4) is 0 Å². The van der Waals surface area contributed by atoms with Crippen LogP contribution in [0.2, 0.25) is 10.0 Å². The molecule has 0 bridgehead atoms. The molecule has 0 saturated carbocycles. The molecule has 3 nitrogen and oxygen atoms in total. The number of alkyl halides is 4. The molecule has 9 heteroatoms. The van der Waals surface area contributed by atoms with Gasteiger partial charge in [-0.2, -0.15) is 0 Å². The maximum atomic E-state index is 6.28. The summed E-state index contributed by atoms with van der Waals surface area (Å²) in [5.41, 5.74) is 0. The van der Waals surface area contributed by atoms with E-state index >= 15 is 0 Å². The maximum Gasteiger partial charge on any atom is 0.138 e. The second kappa shape index (κ2) is 12.1. The minimum Gasteiger partial charge on any atom is -0.491 e. The Labute approximate surface area is 202 Å². The van der Waals surface area contributed by atoms with E-state index in [1.54, 1.807) is 36.4 Å². The molecule has 2 rings (SSSR count). The molecule has 2 atom stereocenters. The van der Waals surface area contributed by atoms with Gasteiger partial charge in [-0.1, -0.05) is 86.9 Å². The van der Waals surface area contributed by atoms with Crippen LogP contribution in [0, 0.1) is 0 Å². The van der Waals surface area contributed by atoms with E-state index in [0.29, 0.717) is 46.3 Å². The van der Waals surface area contributed by atoms with Crippen LogP contribution in [0.4, 0.5) is 0 Å². The Bertz CT molecular complexity index is 687. The Hall–Kier alpha value is 0.340. The second-order valence-electron chi connectivity index (χ2n) is 5.41. The molecule has 0 aliphatic carbocycles. The van der Waals surface area contributed by atoms with Gasteiger partial charge in [0.25, 0.3) is 0 Å². The van der Waals surface area contributed by atoms with Crippen LogP contribution in [0.1, 0.15) is 0 Å². The van der Waals surface area contributed by atoms with Crippen molar-refractivity contribution in [1.29, 1.82) is 0 Å². The van der Waals surface area contributed by atoms with Gasteiger partial charge in [0, 0.05) is 22.8 Å². The summed E-state index contributed by atoms with van der Waals surface area (Å²) in [4.78, 5) is 0.420. The van der Waals surface area contributed by atoms with Gasteiger partial charge in [-0.3, -0.25) is 0 Å². The third-order valence-electron chi connectivity index (χ3n) is 3.22. The lowest BCUT2D eigenvalue weighted by Crippen LogP contribution is -2.12. The summed E-state index contributed by atoms with van der Waals surface area (Å²) in [5, 5.41) is 2.54. The Morgan fingerprint density at radius 1 is 0.741 bits per heavy atom. The SMILES string of the molecule is Clc1cc(Oc2ccc(OCC(Br)CBr)c(Cl)c2)ccc1OCC(Br)CBr. The highest BCUT2D eigenvalue weighted by molar-refractivity contribution is 9.12. The molecule has 2 aromatic rings. The van der Waals surface area contributed by atoms with Gasteiger partial charge >= 0.3 is 0 Å². The fourth-order valence-corrected chi connectivity index (χ4v) is 3.00. The molecule has 0 aromatic heterocycles. The van der Waals surface area contributed by atoms with Gasteiger partial charge in [-0.15, -0.1) is 0 Å². The Morgan fingerprint density at radius 3 is 1.48 bits per heavy atom. The summed E-state index contributed by atoms with van der Waals surface area (Å²) < 4.78 is 17.2. The first-order chi connectivity index (χ1) is 12.9. The van der Waals surface area contributed by atoms with Gasteiger partial charge in [-0.05, 0) is 24.3 Å². The summed E-state index contributed by atoms with van der Waals surface area (Å²) in [5.74, 6) is 2.39. The summed E-state index contributed by atoms with van der Waals surface area (Å²) >= 11 is 26.3. The minimum absolute atomic E-state index is 0.210. The molecule has 0 radical (unpaired) electrons. The first-order valence-electron chi connectivity index (χ1n) is 7.85. The van der Waals surface area contributed by atoms with Crippen molar-refractivity contribution in [1.82, 2.24) is 0 Å². The molecule has 148 valence electrons. The van der Waals surface area contributed by atoms with Gasteiger partial charge in [0.05, 0.1) is 19.7 Å². The molecule has 0 aliphatic rings. The zero-order valence-electron chi connectivity index (χ0n) is 13.9. The van der Waals surface area contributed by atoms with Crippen molar-refractivity contribution in [3.8, 4) is 23.0 Å². The van der Waals surface area contributed by atoms with Crippen LogP contribution in [-0.4, -0.2) is 33.5 Å². The van der Waals surface area contributed by atoms with Gasteiger partial charge in [0.15, 0.2) is 0 Å². The molecule has 0 heterocycles. The van der Waals surface area contributed by atoms with Crippen molar-refractivity contribution in [2.24, 2.45) is 0 Å². The first kappa shape index (κ1) is 23.6. The molecule has 0 fully saturated rings. The van der Waals surface area contributed by atoms with Crippen molar-refractivity contribution < 1.29 is 14.2 Å². The van der Waals surface area contributed by atoms with E-state index in [9.17, 15) is 0 Å². The lowest BCUT2D eigenvalue weighted by Gasteiger charge is -2.13. The van der Waals surface area contributed by atoms with E-state index in [-0.39, 0.29) is 9.65 Å². The van der Waals surface area contributed by atoms with E-state index in [2.05, 4.69) is 63.7 Å². The van der Waals surface area contributed by atoms with Crippen LogP contribution in [0.15, 0.2) is 36.4 Å². The molecular weight excluding hydrogens is 655 g/mol. The second-order valence-corrected chi connectivity index (χ2v) is 10.1. The van der Waals surface area contributed by atoms with Crippen LogP contribution >= 0.6 is 86.9 Å². The average Bonchev–Trinajstić information content (AvgIpc) is 2.66. The molecule has 0 amide bonds. The molecular formula is C18H16Br4Cl2O3. The molecule has 0 N–H and O–H groups in total. The van der Waals surface area contributed by atoms with E-state index in [4.69, 9.17) is 37.4 Å². The number of hydrogen-bond donors (Lipinski definition) is 0. The van der Waals surface area contributed by atoms with Crippen molar-refractivity contribution in [3.05, 3.63) is 46.4 Å². The summed E-state index contributed by atoms with van der Waals surface area (Å²) in [6.45, 7) is 1.01. The standard InChI is InChI=1S/C18H16Br4Cl2O3/c19-7-11(21)9-25-17-3-1-13(5-15(17)23)27-14-2-4-18(16(24)6-14)26-10-12(22)8-20/h1-6,11-12H,7-10H2. The number of rotatable bonds is 10. The smallest absolute Gasteiger partial charge is 0.138 e. The number of halogens is 6. The molecule has 0 spiro atoms. The van der Waals surface area contributed by atoms with Crippen LogP contribution in [-0.2, 0) is 0 Å². The van der Waals surface area contributed by atoms with E-state index in [1.165, 1.54) is 0 Å². The Kier molecular flexibility index (Phi) is 10.6. The number of hydrogen-bond acceptors (Lipinski definition) is 3. The molecule has 2 aromatic carbocycles. The monoisotopic (exact) mass is 666 g/mol. The first-order valence-corrected chi connectivity index (χ1v) is 12.7. The fourth-order valence-electron chi connectivity index (χ4n) is 1.91. The molecule has 2 unspecified atom stereocenters. The lowest BCUT2D eigenvalue weighted by molar-refractivity contribution is 0.324. The van der Waals surface area contributed by atoms with Crippen molar-refractivity contribution in [2.75, 3.05) is 23.9 Å². The van der Waals surface area contributed by atoms with Crippen molar-refractivity contribution in [2.45, 2.75) is 9.65 Å². The molecule has 0 saturated heterocycles. The van der Waals surface area contributed by atoms with Crippen LogP contribution in [0.5, 0.6) is 23.0 Å². The third-order valence-corrected chi connectivity index (χ3v) is 8.28. The van der Waals surface area contributed by atoms with Crippen LogP contribution < -0.4 is 14.2 Å². The predicted molar refractivity (Wildman–Crippen MR) is 127 cm³/mol. The van der Waals surface area contributed by atoms with Gasteiger partial charge in [0.2, 0.25) is 0 Å². The third kappa shape index (κ3) is 7.94. The zero-order valence-corrected chi connectivity index (χ0v) is 21.8. The van der Waals surface area contributed by atoms with Crippen LogP contribution in [0.25, 0.3) is 0 Å². The number of benzene rings is 2. The topological polar surface area (TPSA) is 27.7 Å². The molecule has 27 heavy (non-hydrogen) atoms. The highest BCUT2D eigenvalue weighted by Gasteiger charge is 2.10. The fraction of sp³-hybridized carbons (Fsp3) is 0.333. The zero-order chi connectivity index (χ0) is 19.8.